The van der Waals surface area contributed by atoms with Crippen LogP contribution < -0.4 is 10.9 Å². The van der Waals surface area contributed by atoms with Gasteiger partial charge in [0.25, 0.3) is 5.56 Å². The van der Waals surface area contributed by atoms with Gasteiger partial charge in [-0.1, -0.05) is 36.9 Å². The fourth-order valence-corrected chi connectivity index (χ4v) is 4.62. The van der Waals surface area contributed by atoms with Crippen LogP contribution in [0.25, 0.3) is 10.9 Å². The number of halogens is 1. The van der Waals surface area contributed by atoms with E-state index in [0.717, 1.165) is 11.0 Å². The molecule has 7 nitrogen and oxygen atoms in total. The van der Waals surface area contributed by atoms with Gasteiger partial charge in [0, 0.05) is 23.9 Å². The molecule has 0 atom stereocenters. The Morgan fingerprint density at radius 1 is 1.19 bits per heavy atom. The number of fused-ring (bicyclic) bond motifs is 1. The summed E-state index contributed by atoms with van der Waals surface area (Å²) in [6, 6.07) is 14.8. The van der Waals surface area contributed by atoms with Crippen LogP contribution >= 0.6 is 0 Å². The fourth-order valence-electron chi connectivity index (χ4n) is 3.64. The Morgan fingerprint density at radius 3 is 2.52 bits per heavy atom. The molecule has 2 heterocycles. The third-order valence-electron chi connectivity index (χ3n) is 5.31. The first-order chi connectivity index (χ1) is 14.8. The number of benzene rings is 2. The monoisotopic (exact) mass is 438 g/mol. The minimum Gasteiger partial charge on any atom is -0.378 e. The van der Waals surface area contributed by atoms with Crippen molar-refractivity contribution in [3.05, 3.63) is 87.8 Å². The van der Waals surface area contributed by atoms with Gasteiger partial charge in [-0.05, 0) is 23.8 Å². The van der Waals surface area contributed by atoms with Crippen molar-refractivity contribution in [2.75, 3.05) is 18.4 Å². The van der Waals surface area contributed by atoms with Crippen molar-refractivity contribution >= 4 is 26.6 Å². The Hall–Kier alpha value is -3.48. The second-order valence-corrected chi connectivity index (χ2v) is 9.15. The van der Waals surface area contributed by atoms with Gasteiger partial charge in [0.2, 0.25) is 10.0 Å². The molecule has 1 aliphatic heterocycles. The Labute approximate surface area is 178 Å². The lowest BCUT2D eigenvalue weighted by atomic mass is 10.1. The first kappa shape index (κ1) is 20.8. The van der Waals surface area contributed by atoms with Gasteiger partial charge in [-0.15, -0.1) is 0 Å². The zero-order valence-electron chi connectivity index (χ0n) is 16.5. The summed E-state index contributed by atoms with van der Waals surface area (Å²) < 4.78 is 39.7. The lowest BCUT2D eigenvalue weighted by Gasteiger charge is -2.38. The van der Waals surface area contributed by atoms with E-state index in [1.807, 2.05) is 6.07 Å². The first-order valence-corrected chi connectivity index (χ1v) is 11.0. The third-order valence-corrected chi connectivity index (χ3v) is 6.75. The van der Waals surface area contributed by atoms with E-state index in [2.05, 4.69) is 11.9 Å². The SMILES string of the molecule is C=CS(=O)(=O)N1CC(Nc2c(C#N)c(=O)n(Cc3ccc(F)cc3)c3ccccc23)C1. The molecule has 0 spiro atoms. The minimum absolute atomic E-state index is 0.0501. The largest absolute Gasteiger partial charge is 0.378 e. The van der Waals surface area contributed by atoms with Crippen LogP contribution in [0.2, 0.25) is 0 Å². The molecule has 1 aromatic heterocycles. The maximum absolute atomic E-state index is 13.2. The summed E-state index contributed by atoms with van der Waals surface area (Å²) in [5, 5.41) is 14.5. The van der Waals surface area contributed by atoms with E-state index in [1.54, 1.807) is 36.4 Å². The molecule has 3 aromatic rings. The zero-order valence-corrected chi connectivity index (χ0v) is 17.3. The highest BCUT2D eigenvalue weighted by molar-refractivity contribution is 7.92. The Balaban J connectivity index is 1.74. The molecule has 9 heteroatoms. The molecule has 2 aromatic carbocycles. The van der Waals surface area contributed by atoms with Gasteiger partial charge >= 0.3 is 0 Å². The number of anilines is 1. The van der Waals surface area contributed by atoms with Gasteiger partial charge in [0.1, 0.15) is 17.4 Å². The van der Waals surface area contributed by atoms with Crippen LogP contribution in [0.15, 0.2) is 65.3 Å². The van der Waals surface area contributed by atoms with E-state index in [-0.39, 0.29) is 37.1 Å². The number of nitriles is 1. The number of sulfonamides is 1. The highest BCUT2D eigenvalue weighted by Gasteiger charge is 2.35. The van der Waals surface area contributed by atoms with Crippen molar-refractivity contribution in [1.29, 1.82) is 5.26 Å². The number of nitrogens with zero attached hydrogens (tertiary/aromatic N) is 3. The van der Waals surface area contributed by atoms with Crippen LogP contribution in [-0.2, 0) is 16.6 Å². The highest BCUT2D eigenvalue weighted by Crippen LogP contribution is 2.28. The van der Waals surface area contributed by atoms with E-state index in [4.69, 9.17) is 0 Å². The lowest BCUT2D eigenvalue weighted by molar-refractivity contribution is 0.284. The Kier molecular flexibility index (Phi) is 5.35. The summed E-state index contributed by atoms with van der Waals surface area (Å²) >= 11 is 0. The zero-order chi connectivity index (χ0) is 22.2. The number of hydrogen-bond acceptors (Lipinski definition) is 5. The number of nitrogens with one attached hydrogen (secondary N) is 1. The molecular weight excluding hydrogens is 419 g/mol. The average Bonchev–Trinajstić information content (AvgIpc) is 2.74. The van der Waals surface area contributed by atoms with Crippen LogP contribution in [0.1, 0.15) is 11.1 Å². The molecule has 1 fully saturated rings. The molecule has 0 saturated carbocycles. The quantitative estimate of drug-likeness (QED) is 0.638. The summed E-state index contributed by atoms with van der Waals surface area (Å²) in [5.74, 6) is -0.369. The number of aromatic nitrogens is 1. The van der Waals surface area contributed by atoms with Crippen molar-refractivity contribution in [2.24, 2.45) is 0 Å². The average molecular weight is 438 g/mol. The molecule has 0 radical (unpaired) electrons. The van der Waals surface area contributed by atoms with Gasteiger partial charge < -0.3 is 9.88 Å². The number of rotatable bonds is 6. The van der Waals surface area contributed by atoms with Gasteiger partial charge in [-0.3, -0.25) is 4.79 Å². The van der Waals surface area contributed by atoms with Crippen molar-refractivity contribution in [1.82, 2.24) is 8.87 Å². The summed E-state index contributed by atoms with van der Waals surface area (Å²) in [5.41, 5.74) is 1.21. The van der Waals surface area contributed by atoms with Gasteiger partial charge in [0.15, 0.2) is 0 Å². The van der Waals surface area contributed by atoms with Gasteiger partial charge in [-0.25, -0.2) is 12.8 Å². The van der Waals surface area contributed by atoms with Crippen LogP contribution in [-0.4, -0.2) is 36.4 Å². The Bertz CT molecular complexity index is 1370. The smallest absolute Gasteiger partial charge is 0.271 e. The molecule has 158 valence electrons. The predicted octanol–water partition coefficient (Wildman–Crippen LogP) is 2.63. The summed E-state index contributed by atoms with van der Waals surface area (Å²) in [6.45, 7) is 3.93. The van der Waals surface area contributed by atoms with Gasteiger partial charge in [-0.2, -0.15) is 9.57 Å². The molecule has 0 aliphatic carbocycles. The van der Waals surface area contributed by atoms with E-state index >= 15 is 0 Å². The van der Waals surface area contributed by atoms with Crippen molar-refractivity contribution in [3.63, 3.8) is 0 Å². The van der Waals surface area contributed by atoms with Crippen LogP contribution in [0.5, 0.6) is 0 Å². The molecule has 1 saturated heterocycles. The number of pyridine rings is 1. The van der Waals surface area contributed by atoms with E-state index in [1.165, 1.54) is 21.0 Å². The van der Waals surface area contributed by atoms with E-state index < -0.39 is 15.6 Å². The molecule has 0 bridgehead atoms. The summed E-state index contributed by atoms with van der Waals surface area (Å²) in [7, 11) is -3.50. The maximum atomic E-state index is 13.2. The summed E-state index contributed by atoms with van der Waals surface area (Å²) in [6.07, 6.45) is 0. The summed E-state index contributed by atoms with van der Waals surface area (Å²) in [4.78, 5) is 13.2. The van der Waals surface area contributed by atoms with Gasteiger partial charge in [0.05, 0.1) is 23.8 Å². The topological polar surface area (TPSA) is 95.2 Å². The van der Waals surface area contributed by atoms with Crippen LogP contribution in [0.4, 0.5) is 10.1 Å². The van der Waals surface area contributed by atoms with E-state index in [0.29, 0.717) is 16.6 Å². The van der Waals surface area contributed by atoms with Crippen LogP contribution in [0.3, 0.4) is 0 Å². The molecule has 31 heavy (non-hydrogen) atoms. The third kappa shape index (κ3) is 3.83. The molecule has 4 rings (SSSR count). The van der Waals surface area contributed by atoms with Crippen LogP contribution in [0, 0.1) is 17.1 Å². The lowest BCUT2D eigenvalue weighted by Crippen LogP contribution is -2.56. The maximum Gasteiger partial charge on any atom is 0.271 e. The Morgan fingerprint density at radius 2 is 1.87 bits per heavy atom. The fraction of sp³-hybridized carbons (Fsp3) is 0.182. The number of hydrogen-bond donors (Lipinski definition) is 1. The molecule has 0 unspecified atom stereocenters. The molecule has 1 N–H and O–H groups in total. The second-order valence-electron chi connectivity index (χ2n) is 7.27. The predicted molar refractivity (Wildman–Crippen MR) is 117 cm³/mol. The number of para-hydroxylation sites is 1. The normalized spacial score (nSPS) is 14.7. The van der Waals surface area contributed by atoms with Crippen molar-refractivity contribution in [2.45, 2.75) is 12.6 Å². The molecular formula is C22H19FN4O3S. The standard InChI is InChI=1S/C22H19FN4O3S/c1-2-31(29,30)26-13-17(14-26)25-21-18-5-3-4-6-20(18)27(22(28)19(21)11-24)12-15-7-9-16(23)10-8-15/h2-10,17,25H,1,12-14H2. The van der Waals surface area contributed by atoms with Crippen molar-refractivity contribution in [3.8, 4) is 6.07 Å². The molecule has 1 aliphatic rings. The van der Waals surface area contributed by atoms with E-state index in [9.17, 15) is 22.9 Å². The van der Waals surface area contributed by atoms with Crippen molar-refractivity contribution < 1.29 is 12.8 Å². The molecule has 0 amide bonds. The minimum atomic E-state index is -3.50. The second kappa shape index (κ2) is 7.98. The highest BCUT2D eigenvalue weighted by atomic mass is 32.2. The first-order valence-electron chi connectivity index (χ1n) is 9.53.